The van der Waals surface area contributed by atoms with Crippen molar-refractivity contribution in [2.24, 2.45) is 0 Å². The van der Waals surface area contributed by atoms with Gasteiger partial charge in [-0.05, 0) is 82.2 Å². The fraction of sp³-hybridized carbons (Fsp3) is 0.0833. The summed E-state index contributed by atoms with van der Waals surface area (Å²) in [5, 5.41) is 0.112. The van der Waals surface area contributed by atoms with Gasteiger partial charge in [-0.3, -0.25) is 9.59 Å². The molecule has 1 heterocycles. The lowest BCUT2D eigenvalue weighted by molar-refractivity contribution is -0.113. The Morgan fingerprint density at radius 2 is 1.87 bits per heavy atom. The fourth-order valence-corrected chi connectivity index (χ4v) is 4.68. The second-order valence-corrected chi connectivity index (χ2v) is 9.25. The largest absolute Gasteiger partial charge is 0.488 e. The molecule has 31 heavy (non-hydrogen) atoms. The molecule has 0 unspecified atom stereocenters. The molecule has 1 saturated heterocycles. The smallest absolute Gasteiger partial charge is 0.298 e. The minimum absolute atomic E-state index is 0.351. The average molecular weight is 515 g/mol. The van der Waals surface area contributed by atoms with E-state index in [2.05, 4.69) is 22.0 Å². The van der Waals surface area contributed by atoms with Gasteiger partial charge in [0, 0.05) is 5.02 Å². The maximum Gasteiger partial charge on any atom is 0.298 e. The lowest BCUT2D eigenvalue weighted by Crippen LogP contribution is -2.27. The van der Waals surface area contributed by atoms with Crippen molar-refractivity contribution in [1.29, 1.82) is 0 Å². The van der Waals surface area contributed by atoms with Crippen LogP contribution >= 0.6 is 39.3 Å². The number of nitrogens with zero attached hydrogens (tertiary/aromatic N) is 1. The number of carbonyl (C=O) groups excluding carboxylic acids is 2. The first-order valence-electron chi connectivity index (χ1n) is 9.42. The van der Waals surface area contributed by atoms with Crippen molar-refractivity contribution >= 4 is 62.2 Å². The van der Waals surface area contributed by atoms with Crippen molar-refractivity contribution in [1.82, 2.24) is 0 Å². The van der Waals surface area contributed by atoms with Crippen molar-refractivity contribution in [3.05, 3.63) is 97.8 Å². The van der Waals surface area contributed by atoms with Gasteiger partial charge in [0.05, 0.1) is 15.1 Å². The molecule has 2 amide bonds. The third kappa shape index (κ3) is 5.03. The monoisotopic (exact) mass is 513 g/mol. The number of rotatable bonds is 5. The van der Waals surface area contributed by atoms with E-state index in [4.69, 9.17) is 16.3 Å². The van der Waals surface area contributed by atoms with Gasteiger partial charge < -0.3 is 4.74 Å². The number of imide groups is 1. The molecule has 0 bridgehead atoms. The molecule has 4 rings (SSSR count). The number of amides is 2. The molecule has 0 radical (unpaired) electrons. The molecule has 0 N–H and O–H groups in total. The molecule has 3 aromatic carbocycles. The number of thioether (sulfide) groups is 1. The molecule has 0 aliphatic carbocycles. The van der Waals surface area contributed by atoms with Crippen LogP contribution in [0.2, 0.25) is 5.02 Å². The minimum Gasteiger partial charge on any atom is -0.488 e. The molecule has 4 nitrogen and oxygen atoms in total. The molecule has 0 atom stereocenters. The molecule has 3 aromatic rings. The molecular formula is C24H17BrClNO3S. The van der Waals surface area contributed by atoms with Crippen LogP contribution < -0.4 is 9.64 Å². The zero-order valence-corrected chi connectivity index (χ0v) is 19.6. The molecule has 1 aliphatic rings. The molecule has 156 valence electrons. The van der Waals surface area contributed by atoms with E-state index in [1.165, 1.54) is 5.56 Å². The highest BCUT2D eigenvalue weighted by molar-refractivity contribution is 9.10. The summed E-state index contributed by atoms with van der Waals surface area (Å²) in [5.74, 6) is 0.332. The zero-order valence-electron chi connectivity index (χ0n) is 16.5. The van der Waals surface area contributed by atoms with Gasteiger partial charge in [-0.25, -0.2) is 4.90 Å². The van der Waals surface area contributed by atoms with Gasteiger partial charge in [-0.15, -0.1) is 0 Å². The van der Waals surface area contributed by atoms with Crippen molar-refractivity contribution < 1.29 is 14.3 Å². The van der Waals surface area contributed by atoms with Crippen LogP contribution in [0.5, 0.6) is 5.75 Å². The first kappa shape index (κ1) is 21.7. The van der Waals surface area contributed by atoms with E-state index >= 15 is 0 Å². The average Bonchev–Trinajstić information content (AvgIpc) is 3.00. The fourth-order valence-electron chi connectivity index (χ4n) is 3.14. The first-order chi connectivity index (χ1) is 14.9. The summed E-state index contributed by atoms with van der Waals surface area (Å²) >= 11 is 10.4. The number of hydrogen-bond acceptors (Lipinski definition) is 4. The van der Waals surface area contributed by atoms with E-state index in [0.29, 0.717) is 28.0 Å². The van der Waals surface area contributed by atoms with E-state index in [1.807, 2.05) is 43.3 Å². The van der Waals surface area contributed by atoms with Crippen LogP contribution in [-0.4, -0.2) is 11.1 Å². The lowest BCUT2D eigenvalue weighted by atomic mass is 10.1. The summed E-state index contributed by atoms with van der Waals surface area (Å²) in [6, 6.07) is 20.4. The van der Waals surface area contributed by atoms with Crippen LogP contribution in [-0.2, 0) is 11.4 Å². The molecule has 0 saturated carbocycles. The van der Waals surface area contributed by atoms with Gasteiger partial charge in [-0.1, -0.05) is 53.6 Å². The number of halogens is 2. The predicted molar refractivity (Wildman–Crippen MR) is 130 cm³/mol. The van der Waals surface area contributed by atoms with E-state index in [0.717, 1.165) is 32.3 Å². The summed E-state index contributed by atoms with van der Waals surface area (Å²) < 4.78 is 6.68. The van der Waals surface area contributed by atoms with E-state index in [9.17, 15) is 9.59 Å². The Kier molecular flexibility index (Phi) is 6.51. The molecule has 7 heteroatoms. The molecule has 0 spiro atoms. The third-order valence-electron chi connectivity index (χ3n) is 4.59. The number of benzene rings is 3. The summed E-state index contributed by atoms with van der Waals surface area (Å²) in [6.45, 7) is 2.50. The highest BCUT2D eigenvalue weighted by Gasteiger charge is 2.36. The zero-order chi connectivity index (χ0) is 22.0. The summed E-state index contributed by atoms with van der Waals surface area (Å²) in [6.07, 6.45) is 1.70. The van der Waals surface area contributed by atoms with Gasteiger partial charge in [0.25, 0.3) is 11.1 Å². The number of carbonyl (C=O) groups is 2. The van der Waals surface area contributed by atoms with Crippen molar-refractivity contribution in [3.63, 3.8) is 0 Å². The van der Waals surface area contributed by atoms with Crippen LogP contribution in [0, 0.1) is 6.92 Å². The second-order valence-electron chi connectivity index (χ2n) is 6.96. The Balaban J connectivity index is 1.50. The highest BCUT2D eigenvalue weighted by Crippen LogP contribution is 2.37. The van der Waals surface area contributed by atoms with E-state index < -0.39 is 0 Å². The Morgan fingerprint density at radius 1 is 1.06 bits per heavy atom. The van der Waals surface area contributed by atoms with Crippen molar-refractivity contribution in [2.75, 3.05) is 4.90 Å². The minimum atomic E-state index is -0.367. The van der Waals surface area contributed by atoms with Gasteiger partial charge in [-0.2, -0.15) is 0 Å². The van der Waals surface area contributed by atoms with Crippen LogP contribution in [0.1, 0.15) is 16.7 Å². The van der Waals surface area contributed by atoms with Gasteiger partial charge in [0.1, 0.15) is 12.4 Å². The first-order valence-corrected chi connectivity index (χ1v) is 11.4. The standard InChI is InChI=1S/C24H17BrClNO3S/c1-15-4-2-5-17(10-15)14-30-21-9-8-16(11-20(21)25)12-22-23(28)27(24(29)31-22)19-7-3-6-18(26)13-19/h2-13H,14H2,1H3/b22-12+. The Bertz CT molecular complexity index is 1210. The van der Waals surface area contributed by atoms with Gasteiger partial charge >= 0.3 is 0 Å². The van der Waals surface area contributed by atoms with Gasteiger partial charge in [0.2, 0.25) is 0 Å². The number of aryl methyl sites for hydroxylation is 1. The van der Waals surface area contributed by atoms with Crippen molar-refractivity contribution in [2.45, 2.75) is 13.5 Å². The molecule has 1 aliphatic heterocycles. The maximum atomic E-state index is 12.8. The van der Waals surface area contributed by atoms with Crippen LogP contribution in [0.15, 0.2) is 76.1 Å². The third-order valence-corrected chi connectivity index (χ3v) is 6.32. The molecule has 1 fully saturated rings. The highest BCUT2D eigenvalue weighted by atomic mass is 79.9. The summed E-state index contributed by atoms with van der Waals surface area (Å²) in [4.78, 5) is 26.7. The number of anilines is 1. The summed E-state index contributed by atoms with van der Waals surface area (Å²) in [7, 11) is 0. The number of hydrogen-bond donors (Lipinski definition) is 0. The normalized spacial score (nSPS) is 15.1. The quantitative estimate of drug-likeness (QED) is 0.337. The molecule has 0 aromatic heterocycles. The van der Waals surface area contributed by atoms with E-state index in [-0.39, 0.29) is 11.1 Å². The Hall–Kier alpha value is -2.54. The summed E-state index contributed by atoms with van der Waals surface area (Å²) in [5.41, 5.74) is 3.51. The Labute approximate surface area is 198 Å². The molecular weight excluding hydrogens is 498 g/mol. The predicted octanol–water partition coefficient (Wildman–Crippen LogP) is 7.23. The van der Waals surface area contributed by atoms with Crippen LogP contribution in [0.4, 0.5) is 10.5 Å². The SMILES string of the molecule is Cc1cccc(COc2ccc(/C=C3/SC(=O)N(c4cccc(Cl)c4)C3=O)cc2Br)c1. The van der Waals surface area contributed by atoms with Crippen molar-refractivity contribution in [3.8, 4) is 5.75 Å². The van der Waals surface area contributed by atoms with Crippen LogP contribution in [0.25, 0.3) is 6.08 Å². The number of ether oxygens (including phenoxy) is 1. The topological polar surface area (TPSA) is 46.6 Å². The van der Waals surface area contributed by atoms with Crippen LogP contribution in [0.3, 0.4) is 0 Å². The maximum absolute atomic E-state index is 12.8. The second kappa shape index (κ2) is 9.30. The Morgan fingerprint density at radius 3 is 2.61 bits per heavy atom. The van der Waals surface area contributed by atoms with Gasteiger partial charge in [0.15, 0.2) is 0 Å². The van der Waals surface area contributed by atoms with E-state index in [1.54, 1.807) is 30.3 Å². The lowest BCUT2D eigenvalue weighted by Gasteiger charge is -2.12.